The fraction of sp³-hybridized carbons (Fsp3) is 0. The number of hydrogen-bond acceptors (Lipinski definition) is 5. The van der Waals surface area contributed by atoms with Gasteiger partial charge in [0.15, 0.2) is 5.82 Å². The number of hydrogen-bond donors (Lipinski definition) is 2. The van der Waals surface area contributed by atoms with E-state index >= 15 is 0 Å². The number of nitrogen functional groups attached to an aromatic ring is 1. The van der Waals surface area contributed by atoms with Crippen LogP contribution in [0.2, 0.25) is 0 Å². The van der Waals surface area contributed by atoms with Crippen LogP contribution >= 0.6 is 0 Å². The third-order valence-corrected chi connectivity index (χ3v) is 3.20. The van der Waals surface area contributed by atoms with Gasteiger partial charge in [0, 0.05) is 41.3 Å². The Hall–Kier alpha value is -1.02. The smallest absolute Gasteiger partial charge is 0.263 e. The summed E-state index contributed by atoms with van der Waals surface area (Å²) in [5.41, 5.74) is 5.88. The first-order valence-electron chi connectivity index (χ1n) is 4.37. The molecule has 1 radical (unpaired) electrons. The fourth-order valence-electron chi connectivity index (χ4n) is 1.14. The van der Waals surface area contributed by atoms with Crippen LogP contribution in [0, 0.1) is 0 Å². The van der Waals surface area contributed by atoms with Gasteiger partial charge in [0.05, 0.1) is 4.90 Å². The Morgan fingerprint density at radius 2 is 2.06 bits per heavy atom. The summed E-state index contributed by atoms with van der Waals surface area (Å²) in [5.74, 6) is 0.127. The number of rotatable bonds is 3. The molecule has 0 bridgehead atoms. The van der Waals surface area contributed by atoms with Crippen LogP contribution in [0.1, 0.15) is 0 Å². The minimum atomic E-state index is -3.66. The Balaban J connectivity index is 0.00000144. The quantitative estimate of drug-likeness (QED) is 0.626. The summed E-state index contributed by atoms with van der Waals surface area (Å²) in [5, 5.41) is 3.45. The van der Waals surface area contributed by atoms with Crippen molar-refractivity contribution in [1.82, 2.24) is 5.16 Å². The number of benzene rings is 1. The largest absolute Gasteiger partial charge is 0.399 e. The van der Waals surface area contributed by atoms with Gasteiger partial charge in [-0.05, 0) is 18.2 Å². The molecule has 2 rings (SSSR count). The number of aromatic nitrogens is 1. The van der Waals surface area contributed by atoms with Gasteiger partial charge in [-0.1, -0.05) is 11.2 Å². The molecule has 0 saturated carbocycles. The van der Waals surface area contributed by atoms with Gasteiger partial charge in [-0.15, -0.1) is 0 Å². The van der Waals surface area contributed by atoms with Gasteiger partial charge >= 0.3 is 0 Å². The molecule has 0 spiro atoms. The van der Waals surface area contributed by atoms with Crippen LogP contribution in [0.3, 0.4) is 0 Å². The van der Waals surface area contributed by atoms with Gasteiger partial charge in [0.1, 0.15) is 6.26 Å². The number of nitrogens with zero attached hydrogens (tertiary/aromatic N) is 1. The molecule has 0 saturated heterocycles. The Morgan fingerprint density at radius 3 is 2.65 bits per heavy atom. The van der Waals surface area contributed by atoms with E-state index in [1.54, 1.807) is 12.1 Å². The van der Waals surface area contributed by atoms with E-state index in [-0.39, 0.29) is 40.3 Å². The molecule has 0 amide bonds. The van der Waals surface area contributed by atoms with Crippen LogP contribution in [-0.2, 0) is 10.0 Å². The molecule has 3 N–H and O–H groups in total. The van der Waals surface area contributed by atoms with E-state index in [0.717, 1.165) is 0 Å². The van der Waals surface area contributed by atoms with Crippen molar-refractivity contribution in [3.63, 3.8) is 0 Å². The van der Waals surface area contributed by atoms with Gasteiger partial charge in [-0.2, -0.15) is 0 Å². The molecule has 6 nitrogen and oxygen atoms in total. The topological polar surface area (TPSA) is 98.2 Å². The van der Waals surface area contributed by atoms with Crippen molar-refractivity contribution in [2.75, 3.05) is 10.5 Å². The van der Waals surface area contributed by atoms with E-state index in [4.69, 9.17) is 5.73 Å². The molecule has 17 heavy (non-hydrogen) atoms. The average molecular weight is 262 g/mol. The van der Waals surface area contributed by atoms with E-state index in [2.05, 4.69) is 14.4 Å². The molecule has 0 aliphatic rings. The molecule has 0 aliphatic heterocycles. The first-order chi connectivity index (χ1) is 7.58. The normalized spacial score (nSPS) is 10.6. The van der Waals surface area contributed by atoms with Crippen molar-refractivity contribution in [3.8, 4) is 0 Å². The molecule has 2 aromatic rings. The minimum absolute atomic E-state index is 0. The van der Waals surface area contributed by atoms with E-state index in [1.165, 1.54) is 24.5 Å². The summed E-state index contributed by atoms with van der Waals surface area (Å²) in [6.07, 6.45) is 1.28. The summed E-state index contributed by atoms with van der Waals surface area (Å²) < 4.78 is 30.4. The Morgan fingerprint density at radius 1 is 1.29 bits per heavy atom. The second-order valence-electron chi connectivity index (χ2n) is 3.06. The molecular formula is C9H9N3NaO3S. The first kappa shape index (κ1) is 14.0. The van der Waals surface area contributed by atoms with Crippen LogP contribution in [0.5, 0.6) is 0 Å². The van der Waals surface area contributed by atoms with Crippen LogP contribution in [0.15, 0.2) is 46.0 Å². The number of anilines is 2. The second kappa shape index (κ2) is 5.54. The van der Waals surface area contributed by atoms with E-state index in [0.29, 0.717) is 5.69 Å². The first-order valence-corrected chi connectivity index (χ1v) is 5.85. The van der Waals surface area contributed by atoms with Gasteiger partial charge < -0.3 is 10.3 Å². The van der Waals surface area contributed by atoms with Gasteiger partial charge in [-0.25, -0.2) is 8.42 Å². The molecule has 8 heteroatoms. The predicted octanol–water partition coefficient (Wildman–Crippen LogP) is 0.677. The van der Waals surface area contributed by atoms with Crippen LogP contribution in [-0.4, -0.2) is 43.1 Å². The van der Waals surface area contributed by atoms with Gasteiger partial charge in [-0.3, -0.25) is 4.72 Å². The average Bonchev–Trinajstić information content (AvgIpc) is 2.70. The van der Waals surface area contributed by atoms with E-state index in [1.807, 2.05) is 0 Å². The molecular weight excluding hydrogens is 253 g/mol. The third kappa shape index (κ3) is 3.47. The van der Waals surface area contributed by atoms with Crippen molar-refractivity contribution in [1.29, 1.82) is 0 Å². The molecule has 0 atom stereocenters. The summed E-state index contributed by atoms with van der Waals surface area (Å²) in [6.45, 7) is 0. The zero-order chi connectivity index (χ0) is 11.6. The van der Waals surface area contributed by atoms with Crippen molar-refractivity contribution in [3.05, 3.63) is 36.6 Å². The summed E-state index contributed by atoms with van der Waals surface area (Å²) in [4.78, 5) is 0.0792. The maximum absolute atomic E-state index is 11.8. The van der Waals surface area contributed by atoms with Crippen LogP contribution in [0.4, 0.5) is 11.5 Å². The van der Waals surface area contributed by atoms with Crippen molar-refractivity contribution < 1.29 is 12.9 Å². The summed E-state index contributed by atoms with van der Waals surface area (Å²) >= 11 is 0. The molecule has 85 valence electrons. The van der Waals surface area contributed by atoms with Crippen LogP contribution in [0.25, 0.3) is 0 Å². The second-order valence-corrected chi connectivity index (χ2v) is 4.75. The van der Waals surface area contributed by atoms with E-state index < -0.39 is 10.0 Å². The Bertz CT molecular complexity index is 583. The molecule has 0 fully saturated rings. The number of nitrogens with one attached hydrogen (secondary N) is 1. The zero-order valence-corrected chi connectivity index (χ0v) is 11.9. The molecule has 1 heterocycles. The number of sulfonamides is 1. The van der Waals surface area contributed by atoms with Gasteiger partial charge in [0.25, 0.3) is 10.0 Å². The summed E-state index contributed by atoms with van der Waals surface area (Å²) in [7, 11) is -3.66. The molecule has 1 aromatic carbocycles. The van der Waals surface area contributed by atoms with Crippen molar-refractivity contribution in [2.45, 2.75) is 4.90 Å². The molecule has 1 aromatic heterocycles. The third-order valence-electron chi connectivity index (χ3n) is 1.85. The predicted molar refractivity (Wildman–Crippen MR) is 63.9 cm³/mol. The Labute approximate surface area is 121 Å². The molecule has 0 aliphatic carbocycles. The maximum atomic E-state index is 11.8. The fourth-order valence-corrected chi connectivity index (χ4v) is 2.19. The Kier molecular flexibility index (Phi) is 4.58. The van der Waals surface area contributed by atoms with E-state index in [9.17, 15) is 8.42 Å². The van der Waals surface area contributed by atoms with Crippen molar-refractivity contribution in [2.24, 2.45) is 0 Å². The zero-order valence-electron chi connectivity index (χ0n) is 9.12. The monoisotopic (exact) mass is 262 g/mol. The minimum Gasteiger partial charge on any atom is -0.399 e. The van der Waals surface area contributed by atoms with Gasteiger partial charge in [0.2, 0.25) is 0 Å². The standard InChI is InChI=1S/C9H9N3O3S.Na/c10-7-2-1-3-8(6-7)16(13,14)12-9-4-5-15-11-9;/h1-6H,10H2,(H,11,12);. The SMILES string of the molecule is Nc1cccc(S(=O)(=O)Nc2ccon2)c1.[Na]. The maximum Gasteiger partial charge on any atom is 0.263 e. The molecule has 0 unspecified atom stereocenters. The van der Waals surface area contributed by atoms with Crippen molar-refractivity contribution >= 4 is 51.1 Å². The number of nitrogens with two attached hydrogens (primary N) is 1. The van der Waals surface area contributed by atoms with Crippen LogP contribution < -0.4 is 10.5 Å². The summed E-state index contributed by atoms with van der Waals surface area (Å²) in [6, 6.07) is 7.38.